The van der Waals surface area contributed by atoms with Gasteiger partial charge in [-0.2, -0.15) is 0 Å². The van der Waals surface area contributed by atoms with Crippen LogP contribution in [-0.2, 0) is 13.5 Å². The predicted octanol–water partition coefficient (Wildman–Crippen LogP) is 1.29. The van der Waals surface area contributed by atoms with Crippen LogP contribution < -0.4 is 5.73 Å². The van der Waals surface area contributed by atoms with Crippen LogP contribution in [0.2, 0.25) is 0 Å². The first-order valence-corrected chi connectivity index (χ1v) is 5.22. The second kappa shape index (κ2) is 4.37. The fourth-order valence-electron chi connectivity index (χ4n) is 1.64. The van der Waals surface area contributed by atoms with Crippen molar-refractivity contribution in [3.05, 3.63) is 36.3 Å². The summed E-state index contributed by atoms with van der Waals surface area (Å²) in [6, 6.07) is 7.02. The van der Waals surface area contributed by atoms with Gasteiger partial charge in [0.1, 0.15) is 11.6 Å². The molecule has 0 fully saturated rings. The minimum atomic E-state index is 0.266. The molecular weight excluding hydrogens is 202 g/mol. The molecule has 0 saturated carbocycles. The van der Waals surface area contributed by atoms with E-state index in [1.807, 2.05) is 29.9 Å². The summed E-state index contributed by atoms with van der Waals surface area (Å²) in [5.41, 5.74) is 7.42. The summed E-state index contributed by atoms with van der Waals surface area (Å²) in [5, 5.41) is 9.21. The molecule has 2 rings (SSSR count). The number of nitrogens with two attached hydrogens (primary N) is 1. The molecule has 4 nitrogen and oxygen atoms in total. The Bertz CT molecular complexity index is 474. The minimum Gasteiger partial charge on any atom is -0.508 e. The number of nitrogens with zero attached hydrogens (tertiary/aromatic N) is 2. The van der Waals surface area contributed by atoms with Gasteiger partial charge >= 0.3 is 0 Å². The Morgan fingerprint density at radius 1 is 1.31 bits per heavy atom. The van der Waals surface area contributed by atoms with Crippen LogP contribution in [0.4, 0.5) is 0 Å². The molecule has 1 aromatic carbocycles. The number of imidazole rings is 1. The van der Waals surface area contributed by atoms with E-state index in [0.29, 0.717) is 6.54 Å². The highest BCUT2D eigenvalue weighted by Gasteiger charge is 2.06. The van der Waals surface area contributed by atoms with E-state index < -0.39 is 0 Å². The van der Waals surface area contributed by atoms with Crippen LogP contribution in [0.3, 0.4) is 0 Å². The van der Waals surface area contributed by atoms with Gasteiger partial charge in [-0.3, -0.25) is 0 Å². The summed E-state index contributed by atoms with van der Waals surface area (Å²) in [6.45, 7) is 0.597. The zero-order chi connectivity index (χ0) is 11.5. The molecule has 0 spiro atoms. The molecule has 16 heavy (non-hydrogen) atoms. The lowest BCUT2D eigenvalue weighted by atomic mass is 10.2. The van der Waals surface area contributed by atoms with Crippen LogP contribution in [0, 0.1) is 0 Å². The summed E-state index contributed by atoms with van der Waals surface area (Å²) >= 11 is 0. The number of rotatable bonds is 3. The van der Waals surface area contributed by atoms with Gasteiger partial charge < -0.3 is 15.4 Å². The normalized spacial score (nSPS) is 10.6. The molecule has 84 valence electrons. The van der Waals surface area contributed by atoms with Gasteiger partial charge in [-0.25, -0.2) is 4.98 Å². The van der Waals surface area contributed by atoms with Gasteiger partial charge in [0.05, 0.1) is 5.69 Å². The van der Waals surface area contributed by atoms with Gasteiger partial charge in [0.25, 0.3) is 0 Å². The molecule has 3 N–H and O–H groups in total. The van der Waals surface area contributed by atoms with Gasteiger partial charge in [-0.05, 0) is 30.8 Å². The number of phenolic OH excluding ortho intramolecular Hbond substituents is 1. The number of aryl methyl sites for hydroxylation is 1. The average molecular weight is 217 g/mol. The number of hydrogen-bond donors (Lipinski definition) is 2. The molecule has 4 heteroatoms. The van der Waals surface area contributed by atoms with Crippen molar-refractivity contribution in [2.75, 3.05) is 6.54 Å². The number of aromatic hydroxyl groups is 1. The third-order valence-corrected chi connectivity index (χ3v) is 2.50. The maximum atomic E-state index is 9.21. The van der Waals surface area contributed by atoms with Crippen molar-refractivity contribution in [1.82, 2.24) is 9.55 Å². The molecule has 1 aromatic heterocycles. The molecule has 1 heterocycles. The lowest BCUT2D eigenvalue weighted by Gasteiger charge is -1.96. The van der Waals surface area contributed by atoms with Crippen LogP contribution in [0.1, 0.15) is 5.82 Å². The molecular formula is C12H15N3O. The fraction of sp³-hybridized carbons (Fsp3) is 0.250. The third-order valence-electron chi connectivity index (χ3n) is 2.50. The number of hydrogen-bond acceptors (Lipinski definition) is 3. The van der Waals surface area contributed by atoms with Crippen molar-refractivity contribution in [1.29, 1.82) is 0 Å². The molecule has 0 saturated heterocycles. The van der Waals surface area contributed by atoms with Crippen LogP contribution >= 0.6 is 0 Å². The van der Waals surface area contributed by atoms with E-state index in [4.69, 9.17) is 5.73 Å². The Balaban J connectivity index is 2.33. The molecule has 0 atom stereocenters. The van der Waals surface area contributed by atoms with E-state index in [9.17, 15) is 5.11 Å². The van der Waals surface area contributed by atoms with Crippen molar-refractivity contribution < 1.29 is 5.11 Å². The SMILES string of the molecule is Cn1cc(-c2ccc(O)cc2)nc1CCN. The van der Waals surface area contributed by atoms with Crippen molar-refractivity contribution in [2.24, 2.45) is 12.8 Å². The van der Waals surface area contributed by atoms with Gasteiger partial charge in [0.2, 0.25) is 0 Å². The zero-order valence-electron chi connectivity index (χ0n) is 9.22. The van der Waals surface area contributed by atoms with Crippen molar-refractivity contribution in [2.45, 2.75) is 6.42 Å². The largest absolute Gasteiger partial charge is 0.508 e. The lowest BCUT2D eigenvalue weighted by molar-refractivity contribution is 0.475. The van der Waals surface area contributed by atoms with Crippen LogP contribution in [0.15, 0.2) is 30.5 Å². The van der Waals surface area contributed by atoms with E-state index in [0.717, 1.165) is 23.5 Å². The molecule has 0 bridgehead atoms. The molecule has 0 aliphatic rings. The molecule has 2 aromatic rings. The molecule has 0 unspecified atom stereocenters. The van der Waals surface area contributed by atoms with Gasteiger partial charge in [0, 0.05) is 25.2 Å². The van der Waals surface area contributed by atoms with Crippen molar-refractivity contribution in [3.63, 3.8) is 0 Å². The maximum absolute atomic E-state index is 9.21. The second-order valence-corrected chi connectivity index (χ2v) is 3.74. The van der Waals surface area contributed by atoms with Gasteiger partial charge in [0.15, 0.2) is 0 Å². The van der Waals surface area contributed by atoms with Crippen molar-refractivity contribution >= 4 is 0 Å². The first-order chi connectivity index (χ1) is 7.70. The fourth-order valence-corrected chi connectivity index (χ4v) is 1.64. The number of phenols is 1. The summed E-state index contributed by atoms with van der Waals surface area (Å²) in [6.07, 6.45) is 2.74. The van der Waals surface area contributed by atoms with E-state index in [1.54, 1.807) is 12.1 Å². The Morgan fingerprint density at radius 2 is 2.00 bits per heavy atom. The van der Waals surface area contributed by atoms with E-state index >= 15 is 0 Å². The van der Waals surface area contributed by atoms with Crippen LogP contribution in [0.5, 0.6) is 5.75 Å². The topological polar surface area (TPSA) is 64.1 Å². The Kier molecular flexibility index (Phi) is 2.92. The van der Waals surface area contributed by atoms with Gasteiger partial charge in [-0.15, -0.1) is 0 Å². The number of aromatic nitrogens is 2. The van der Waals surface area contributed by atoms with E-state index in [2.05, 4.69) is 4.98 Å². The summed E-state index contributed by atoms with van der Waals surface area (Å²) in [4.78, 5) is 4.50. The predicted molar refractivity (Wildman–Crippen MR) is 63.1 cm³/mol. The van der Waals surface area contributed by atoms with Crippen LogP contribution in [-0.4, -0.2) is 21.2 Å². The highest BCUT2D eigenvalue weighted by molar-refractivity contribution is 5.59. The number of benzene rings is 1. The van der Waals surface area contributed by atoms with Crippen LogP contribution in [0.25, 0.3) is 11.3 Å². The zero-order valence-corrected chi connectivity index (χ0v) is 9.22. The molecule has 0 aliphatic carbocycles. The summed E-state index contributed by atoms with van der Waals surface area (Å²) in [5.74, 6) is 1.24. The average Bonchev–Trinajstić information content (AvgIpc) is 2.62. The molecule has 0 amide bonds. The highest BCUT2D eigenvalue weighted by Crippen LogP contribution is 2.20. The Hall–Kier alpha value is -1.81. The second-order valence-electron chi connectivity index (χ2n) is 3.74. The third kappa shape index (κ3) is 2.06. The lowest BCUT2D eigenvalue weighted by Crippen LogP contribution is -2.07. The minimum absolute atomic E-state index is 0.266. The van der Waals surface area contributed by atoms with E-state index in [-0.39, 0.29) is 5.75 Å². The maximum Gasteiger partial charge on any atom is 0.115 e. The first kappa shape index (κ1) is 10.7. The summed E-state index contributed by atoms with van der Waals surface area (Å²) in [7, 11) is 1.96. The Morgan fingerprint density at radius 3 is 2.62 bits per heavy atom. The summed E-state index contributed by atoms with van der Waals surface area (Å²) < 4.78 is 1.98. The standard InChI is InChI=1S/C12H15N3O/c1-15-8-11(14-12(15)6-7-13)9-2-4-10(16)5-3-9/h2-5,8,16H,6-7,13H2,1H3. The molecule has 0 radical (unpaired) electrons. The van der Waals surface area contributed by atoms with Crippen molar-refractivity contribution in [3.8, 4) is 17.0 Å². The van der Waals surface area contributed by atoms with E-state index in [1.165, 1.54) is 0 Å². The molecule has 0 aliphatic heterocycles. The highest BCUT2D eigenvalue weighted by atomic mass is 16.3. The monoisotopic (exact) mass is 217 g/mol. The van der Waals surface area contributed by atoms with Gasteiger partial charge in [-0.1, -0.05) is 0 Å². The quantitative estimate of drug-likeness (QED) is 0.814. The smallest absolute Gasteiger partial charge is 0.115 e. The Labute approximate surface area is 94.4 Å². The first-order valence-electron chi connectivity index (χ1n) is 5.22.